The summed E-state index contributed by atoms with van der Waals surface area (Å²) in [6.07, 6.45) is -0.156. The minimum atomic E-state index is -0.843. The number of nitriles is 1. The molecule has 1 fully saturated rings. The summed E-state index contributed by atoms with van der Waals surface area (Å²) in [7, 11) is 0. The number of hydrogen-bond acceptors (Lipinski definition) is 9. The van der Waals surface area contributed by atoms with Gasteiger partial charge in [0.1, 0.15) is 33.2 Å². The first-order valence-corrected chi connectivity index (χ1v) is 14.7. The van der Waals surface area contributed by atoms with Gasteiger partial charge >= 0.3 is 6.09 Å². The first-order valence-electron chi connectivity index (χ1n) is 13.5. The van der Waals surface area contributed by atoms with Crippen molar-refractivity contribution < 1.29 is 28.1 Å². The second kappa shape index (κ2) is 12.4. The van der Waals surface area contributed by atoms with Crippen LogP contribution in [0.5, 0.6) is 11.5 Å². The molecule has 0 unspecified atom stereocenters. The lowest BCUT2D eigenvalue weighted by molar-refractivity contribution is -0.0629. The van der Waals surface area contributed by atoms with Crippen molar-refractivity contribution in [3.05, 3.63) is 46.7 Å². The first-order chi connectivity index (χ1) is 19.7. The quantitative estimate of drug-likeness (QED) is 0.257. The van der Waals surface area contributed by atoms with E-state index in [-0.39, 0.29) is 29.5 Å². The molecule has 0 N–H and O–H groups in total. The van der Waals surface area contributed by atoms with Crippen LogP contribution in [-0.2, 0) is 9.47 Å². The van der Waals surface area contributed by atoms with E-state index in [1.54, 1.807) is 57.7 Å². The SMILES string of the molecule is CC(C)Oc1ccc(-c2nnc(-c3cc(F)c(OCC[C@@H]4COC(C)(C)N4C(=O)OC(C)(C)C)cc3Cl)s2)cc1C#N. The minimum absolute atomic E-state index is 0.0186. The number of carbonyl (C=O) groups is 1. The van der Waals surface area contributed by atoms with Gasteiger partial charge in [-0.25, -0.2) is 9.18 Å². The van der Waals surface area contributed by atoms with Gasteiger partial charge in [0.05, 0.1) is 35.9 Å². The topological polar surface area (TPSA) is 107 Å². The van der Waals surface area contributed by atoms with E-state index in [1.807, 2.05) is 13.8 Å². The standard InChI is InChI=1S/C30H34ClFN4O5S/c1-17(2)40-24-9-8-18(12-19(24)15-33)26-34-35-27(42-26)21-13-23(32)25(14-22(21)31)38-11-10-20-16-39-30(6,7)36(20)28(37)41-29(3,4)5/h8-9,12-14,17,20H,10-11,16H2,1-7H3/t20-/m1/s1. The predicted molar refractivity (Wildman–Crippen MR) is 158 cm³/mol. The molecule has 1 aromatic heterocycles. The number of nitrogens with zero attached hydrogens (tertiary/aromatic N) is 4. The highest BCUT2D eigenvalue weighted by Gasteiger charge is 2.45. The maximum Gasteiger partial charge on any atom is 0.412 e. The Balaban J connectivity index is 1.45. The maximum absolute atomic E-state index is 15.1. The fraction of sp³-hybridized carbons (Fsp3) is 0.467. The molecule has 4 rings (SSSR count). The van der Waals surface area contributed by atoms with E-state index in [0.29, 0.717) is 45.5 Å². The van der Waals surface area contributed by atoms with Crippen LogP contribution in [0.4, 0.5) is 9.18 Å². The lowest BCUT2D eigenvalue weighted by atomic mass is 10.1. The van der Waals surface area contributed by atoms with Gasteiger partial charge in [-0.3, -0.25) is 4.90 Å². The zero-order valence-electron chi connectivity index (χ0n) is 24.7. The van der Waals surface area contributed by atoms with E-state index < -0.39 is 23.2 Å². The molecule has 0 spiro atoms. The lowest BCUT2D eigenvalue weighted by Gasteiger charge is -2.35. The van der Waals surface area contributed by atoms with Gasteiger partial charge in [0.15, 0.2) is 11.6 Å². The summed E-state index contributed by atoms with van der Waals surface area (Å²) in [6.45, 7) is 13.2. The van der Waals surface area contributed by atoms with Crippen LogP contribution in [0.3, 0.4) is 0 Å². The molecule has 2 aromatic carbocycles. The molecule has 1 saturated heterocycles. The second-order valence-electron chi connectivity index (χ2n) is 11.6. The average Bonchev–Trinajstić information content (AvgIpc) is 3.49. The Morgan fingerprint density at radius 2 is 1.95 bits per heavy atom. The van der Waals surface area contributed by atoms with Crippen LogP contribution in [0.25, 0.3) is 21.1 Å². The number of carbonyl (C=O) groups excluding carboxylic acids is 1. The maximum atomic E-state index is 15.1. The van der Waals surface area contributed by atoms with Crippen LogP contribution in [-0.4, -0.2) is 57.9 Å². The van der Waals surface area contributed by atoms with Crippen molar-refractivity contribution in [2.24, 2.45) is 0 Å². The summed E-state index contributed by atoms with van der Waals surface area (Å²) in [5.74, 6) is -0.140. The molecule has 224 valence electrons. The van der Waals surface area contributed by atoms with Gasteiger partial charge in [-0.2, -0.15) is 5.26 Å². The third-order valence-electron chi connectivity index (χ3n) is 6.26. The highest BCUT2D eigenvalue weighted by Crippen LogP contribution is 2.38. The van der Waals surface area contributed by atoms with Gasteiger partial charge in [0.25, 0.3) is 0 Å². The predicted octanol–water partition coefficient (Wildman–Crippen LogP) is 7.46. The highest BCUT2D eigenvalue weighted by molar-refractivity contribution is 7.18. The fourth-order valence-corrected chi connectivity index (χ4v) is 5.61. The van der Waals surface area contributed by atoms with Crippen molar-refractivity contribution in [3.8, 4) is 38.7 Å². The Kier molecular flexibility index (Phi) is 9.30. The zero-order chi connectivity index (χ0) is 30.8. The summed E-state index contributed by atoms with van der Waals surface area (Å²) >= 11 is 7.74. The van der Waals surface area contributed by atoms with Crippen molar-refractivity contribution in [2.75, 3.05) is 13.2 Å². The van der Waals surface area contributed by atoms with E-state index in [4.69, 9.17) is 30.5 Å². The van der Waals surface area contributed by atoms with Gasteiger partial charge in [-0.1, -0.05) is 22.9 Å². The minimum Gasteiger partial charge on any atom is -0.490 e. The van der Waals surface area contributed by atoms with Crippen molar-refractivity contribution in [1.29, 1.82) is 5.26 Å². The Hall–Kier alpha value is -3.46. The molecule has 1 aliphatic heterocycles. The van der Waals surface area contributed by atoms with E-state index in [9.17, 15) is 10.1 Å². The van der Waals surface area contributed by atoms with Crippen LogP contribution < -0.4 is 9.47 Å². The molecule has 0 radical (unpaired) electrons. The summed E-state index contributed by atoms with van der Waals surface area (Å²) in [6, 6.07) is 9.70. The van der Waals surface area contributed by atoms with Crippen LogP contribution in [0.2, 0.25) is 5.02 Å². The number of hydrogen-bond donors (Lipinski definition) is 0. The molecular formula is C30H34ClFN4O5S. The van der Waals surface area contributed by atoms with Gasteiger partial charge in [-0.05, 0) is 72.7 Å². The molecular weight excluding hydrogens is 583 g/mol. The Labute approximate surface area is 254 Å². The summed E-state index contributed by atoms with van der Waals surface area (Å²) in [5, 5.41) is 19.2. The average molecular weight is 617 g/mol. The lowest BCUT2D eigenvalue weighted by Crippen LogP contribution is -2.50. The number of rotatable bonds is 8. The van der Waals surface area contributed by atoms with Crippen molar-refractivity contribution in [1.82, 2.24) is 15.1 Å². The Morgan fingerprint density at radius 1 is 1.24 bits per heavy atom. The monoisotopic (exact) mass is 616 g/mol. The molecule has 3 aromatic rings. The summed E-state index contributed by atoms with van der Waals surface area (Å²) < 4.78 is 37.9. The van der Waals surface area contributed by atoms with Crippen molar-refractivity contribution in [2.45, 2.75) is 78.4 Å². The third kappa shape index (κ3) is 7.30. The largest absolute Gasteiger partial charge is 0.490 e. The highest BCUT2D eigenvalue weighted by atomic mass is 35.5. The number of benzene rings is 2. The molecule has 0 bridgehead atoms. The first kappa shape index (κ1) is 31.5. The molecule has 0 saturated carbocycles. The van der Waals surface area contributed by atoms with Gasteiger partial charge < -0.3 is 18.9 Å². The number of ether oxygens (including phenoxy) is 4. The van der Waals surface area contributed by atoms with Crippen molar-refractivity contribution in [3.63, 3.8) is 0 Å². The summed E-state index contributed by atoms with van der Waals surface area (Å²) in [4.78, 5) is 14.4. The van der Waals surface area contributed by atoms with E-state index >= 15 is 4.39 Å². The molecule has 42 heavy (non-hydrogen) atoms. The van der Waals surface area contributed by atoms with Gasteiger partial charge in [-0.15, -0.1) is 10.2 Å². The molecule has 1 atom stereocenters. The van der Waals surface area contributed by atoms with Crippen molar-refractivity contribution >= 4 is 29.0 Å². The number of aromatic nitrogens is 2. The second-order valence-corrected chi connectivity index (χ2v) is 12.9. The Bertz CT molecular complexity index is 1500. The van der Waals surface area contributed by atoms with Crippen LogP contribution in [0.15, 0.2) is 30.3 Å². The fourth-order valence-electron chi connectivity index (χ4n) is 4.44. The van der Waals surface area contributed by atoms with Crippen LogP contribution in [0, 0.1) is 17.1 Å². The normalized spacial score (nSPS) is 16.4. The molecule has 0 aliphatic carbocycles. The van der Waals surface area contributed by atoms with E-state index in [2.05, 4.69) is 16.3 Å². The number of halogens is 2. The smallest absolute Gasteiger partial charge is 0.412 e. The van der Waals surface area contributed by atoms with E-state index in [1.165, 1.54) is 23.5 Å². The summed E-state index contributed by atoms with van der Waals surface area (Å²) in [5.41, 5.74) is -0.0664. The third-order valence-corrected chi connectivity index (χ3v) is 7.58. The zero-order valence-corrected chi connectivity index (χ0v) is 26.2. The molecule has 1 amide bonds. The number of amides is 1. The molecule has 9 nitrogen and oxygen atoms in total. The Morgan fingerprint density at radius 3 is 2.62 bits per heavy atom. The van der Waals surface area contributed by atoms with E-state index in [0.717, 1.165) is 0 Å². The van der Waals surface area contributed by atoms with Gasteiger partial charge in [0.2, 0.25) is 0 Å². The molecule has 1 aliphatic rings. The van der Waals surface area contributed by atoms with Crippen LogP contribution in [0.1, 0.15) is 60.5 Å². The molecule has 2 heterocycles. The van der Waals surface area contributed by atoms with Gasteiger partial charge in [0, 0.05) is 23.6 Å². The molecule has 12 heteroatoms. The van der Waals surface area contributed by atoms with Crippen LogP contribution >= 0.6 is 22.9 Å².